The Morgan fingerprint density at radius 1 is 1.47 bits per heavy atom. The van der Waals surface area contributed by atoms with Crippen molar-refractivity contribution in [1.29, 1.82) is 0 Å². The van der Waals surface area contributed by atoms with Gasteiger partial charge in [-0.1, -0.05) is 11.8 Å². The maximum Gasteiger partial charge on any atom is 0.313 e. The zero-order valence-corrected chi connectivity index (χ0v) is 12.0. The number of rotatable bonds is 8. The van der Waals surface area contributed by atoms with E-state index in [9.17, 15) is 9.59 Å². The predicted octanol–water partition coefficient (Wildman–Crippen LogP) is 0.762. The van der Waals surface area contributed by atoms with Gasteiger partial charge in [0.1, 0.15) is 0 Å². The van der Waals surface area contributed by atoms with Gasteiger partial charge in [-0.3, -0.25) is 9.59 Å². The van der Waals surface area contributed by atoms with Crippen molar-refractivity contribution in [3.63, 3.8) is 0 Å². The predicted molar refractivity (Wildman–Crippen MR) is 74.6 cm³/mol. The maximum atomic E-state index is 11.2. The molecule has 1 aromatic rings. The van der Waals surface area contributed by atoms with E-state index in [1.165, 1.54) is 6.07 Å². The maximum absolute atomic E-state index is 11.2. The van der Waals surface area contributed by atoms with Gasteiger partial charge in [0.2, 0.25) is 0 Å². The van der Waals surface area contributed by atoms with Gasteiger partial charge in [-0.05, 0) is 33.5 Å². The normalized spacial score (nSPS) is 10.9. The molecule has 7 heteroatoms. The fourth-order valence-electron chi connectivity index (χ4n) is 1.54. The van der Waals surface area contributed by atoms with Crippen molar-refractivity contribution in [3.05, 3.63) is 22.6 Å². The van der Waals surface area contributed by atoms with Gasteiger partial charge >= 0.3 is 5.97 Å². The van der Waals surface area contributed by atoms with Crippen LogP contribution in [-0.2, 0) is 11.3 Å². The van der Waals surface area contributed by atoms with Crippen LogP contribution in [0.15, 0.2) is 22.2 Å². The molecule has 6 nitrogen and oxygen atoms in total. The van der Waals surface area contributed by atoms with Crippen molar-refractivity contribution < 1.29 is 9.90 Å². The van der Waals surface area contributed by atoms with Crippen LogP contribution >= 0.6 is 11.8 Å². The Balaban J connectivity index is 2.60. The molecular formula is C12H19N3O3S. The second kappa shape index (κ2) is 7.96. The third-order valence-electron chi connectivity index (χ3n) is 2.43. The number of thioether (sulfide) groups is 1. The summed E-state index contributed by atoms with van der Waals surface area (Å²) < 4.78 is 1.84. The molecule has 0 aliphatic carbocycles. The topological polar surface area (TPSA) is 75.4 Å². The standard InChI is InChI=1S/C12H19N3O3S/c1-14(2)6-3-4-7-15-8-5-10(16)13-12(15)19-9-11(17)18/h5,8H,3-4,6-7,9H2,1-2H3,(H,17,18). The minimum atomic E-state index is -0.915. The molecule has 1 heterocycles. The third kappa shape index (κ3) is 6.40. The largest absolute Gasteiger partial charge is 0.481 e. The van der Waals surface area contributed by atoms with Gasteiger partial charge in [0.15, 0.2) is 5.16 Å². The first kappa shape index (κ1) is 15.7. The zero-order valence-electron chi connectivity index (χ0n) is 11.2. The van der Waals surface area contributed by atoms with Crippen LogP contribution in [0.2, 0.25) is 0 Å². The van der Waals surface area contributed by atoms with Crippen LogP contribution in [0.25, 0.3) is 0 Å². The Hall–Kier alpha value is -1.34. The monoisotopic (exact) mass is 285 g/mol. The SMILES string of the molecule is CN(C)CCCCn1ccc(=O)nc1SCC(=O)O. The molecule has 0 spiro atoms. The highest BCUT2D eigenvalue weighted by molar-refractivity contribution is 7.99. The van der Waals surface area contributed by atoms with Gasteiger partial charge < -0.3 is 14.6 Å². The Kier molecular flexibility index (Phi) is 6.58. The quantitative estimate of drug-likeness (QED) is 0.432. The van der Waals surface area contributed by atoms with Crippen LogP contribution in [0.1, 0.15) is 12.8 Å². The van der Waals surface area contributed by atoms with E-state index in [0.29, 0.717) is 5.16 Å². The fourth-order valence-corrected chi connectivity index (χ4v) is 2.26. The van der Waals surface area contributed by atoms with Crippen molar-refractivity contribution in [1.82, 2.24) is 14.5 Å². The molecule has 0 aliphatic rings. The molecule has 0 saturated heterocycles. The molecule has 1 aromatic heterocycles. The summed E-state index contributed by atoms with van der Waals surface area (Å²) in [5.41, 5.74) is -0.336. The molecule has 0 amide bonds. The highest BCUT2D eigenvalue weighted by Gasteiger charge is 2.06. The lowest BCUT2D eigenvalue weighted by molar-refractivity contribution is -0.133. The van der Waals surface area contributed by atoms with Crippen LogP contribution in [0, 0.1) is 0 Å². The number of aliphatic carboxylic acids is 1. The number of hydrogen-bond donors (Lipinski definition) is 1. The summed E-state index contributed by atoms with van der Waals surface area (Å²) in [5.74, 6) is -1.00. The molecule has 0 atom stereocenters. The second-order valence-corrected chi connectivity index (χ2v) is 5.38. The lowest BCUT2D eigenvalue weighted by Crippen LogP contribution is -2.16. The number of nitrogens with zero attached hydrogens (tertiary/aromatic N) is 3. The van der Waals surface area contributed by atoms with Crippen LogP contribution in [-0.4, -0.2) is 51.9 Å². The van der Waals surface area contributed by atoms with Crippen molar-refractivity contribution in [3.8, 4) is 0 Å². The first-order valence-electron chi connectivity index (χ1n) is 6.06. The Labute approximate surface area is 116 Å². The van der Waals surface area contributed by atoms with E-state index in [0.717, 1.165) is 37.7 Å². The van der Waals surface area contributed by atoms with Crippen LogP contribution in [0.5, 0.6) is 0 Å². The summed E-state index contributed by atoms with van der Waals surface area (Å²) in [7, 11) is 4.05. The fraction of sp³-hybridized carbons (Fsp3) is 0.583. The van der Waals surface area contributed by atoms with E-state index in [4.69, 9.17) is 5.11 Å². The van der Waals surface area contributed by atoms with E-state index < -0.39 is 5.97 Å². The minimum absolute atomic E-state index is 0.0891. The zero-order chi connectivity index (χ0) is 14.3. The van der Waals surface area contributed by atoms with Crippen molar-refractivity contribution >= 4 is 17.7 Å². The molecule has 1 N–H and O–H groups in total. The summed E-state index contributed by atoms with van der Waals surface area (Å²) in [6.07, 6.45) is 3.68. The summed E-state index contributed by atoms with van der Waals surface area (Å²) in [6, 6.07) is 1.40. The van der Waals surface area contributed by atoms with E-state index in [1.54, 1.807) is 6.20 Å². The van der Waals surface area contributed by atoms with Crippen LogP contribution in [0.4, 0.5) is 0 Å². The van der Waals surface area contributed by atoms with Crippen molar-refractivity contribution in [2.75, 3.05) is 26.4 Å². The average Bonchev–Trinajstić information content (AvgIpc) is 2.33. The number of hydrogen-bond acceptors (Lipinski definition) is 5. The van der Waals surface area contributed by atoms with Gasteiger partial charge in [0.25, 0.3) is 5.56 Å². The van der Waals surface area contributed by atoms with Crippen molar-refractivity contribution in [2.24, 2.45) is 0 Å². The highest BCUT2D eigenvalue weighted by atomic mass is 32.2. The van der Waals surface area contributed by atoms with E-state index in [2.05, 4.69) is 9.88 Å². The number of unbranched alkanes of at least 4 members (excludes halogenated alkanes) is 1. The van der Waals surface area contributed by atoms with Gasteiger partial charge in [-0.15, -0.1) is 0 Å². The first-order valence-corrected chi connectivity index (χ1v) is 7.04. The molecule has 0 aliphatic heterocycles. The van der Waals surface area contributed by atoms with Gasteiger partial charge in [-0.25, -0.2) is 0 Å². The van der Waals surface area contributed by atoms with Crippen LogP contribution in [0.3, 0.4) is 0 Å². The average molecular weight is 285 g/mol. The van der Waals surface area contributed by atoms with Gasteiger partial charge in [-0.2, -0.15) is 4.98 Å². The lowest BCUT2D eigenvalue weighted by Gasteiger charge is -2.12. The molecular weight excluding hydrogens is 266 g/mol. The number of carboxylic acid groups (broad SMARTS) is 1. The number of carboxylic acids is 1. The molecule has 0 fully saturated rings. The molecule has 0 aromatic carbocycles. The van der Waals surface area contributed by atoms with Gasteiger partial charge in [0, 0.05) is 18.8 Å². The van der Waals surface area contributed by atoms with Crippen LogP contribution < -0.4 is 5.56 Å². The first-order chi connectivity index (χ1) is 8.99. The molecule has 19 heavy (non-hydrogen) atoms. The Morgan fingerprint density at radius 3 is 2.84 bits per heavy atom. The second-order valence-electron chi connectivity index (χ2n) is 4.43. The molecule has 1 rings (SSSR count). The minimum Gasteiger partial charge on any atom is -0.481 e. The smallest absolute Gasteiger partial charge is 0.313 e. The summed E-state index contributed by atoms with van der Waals surface area (Å²) >= 11 is 1.08. The lowest BCUT2D eigenvalue weighted by atomic mass is 10.3. The molecule has 0 bridgehead atoms. The molecule has 0 unspecified atom stereocenters. The molecule has 0 radical (unpaired) electrons. The van der Waals surface area contributed by atoms with E-state index in [1.807, 2.05) is 18.7 Å². The van der Waals surface area contributed by atoms with Crippen molar-refractivity contribution in [2.45, 2.75) is 24.5 Å². The Morgan fingerprint density at radius 2 is 2.21 bits per heavy atom. The summed E-state index contributed by atoms with van der Waals surface area (Å²) in [4.78, 5) is 27.7. The number of aromatic nitrogens is 2. The number of aryl methyl sites for hydroxylation is 1. The highest BCUT2D eigenvalue weighted by Crippen LogP contribution is 2.14. The van der Waals surface area contributed by atoms with E-state index >= 15 is 0 Å². The van der Waals surface area contributed by atoms with Gasteiger partial charge in [0.05, 0.1) is 5.75 Å². The summed E-state index contributed by atoms with van der Waals surface area (Å²) in [6.45, 7) is 1.74. The summed E-state index contributed by atoms with van der Waals surface area (Å²) in [5, 5.41) is 9.14. The third-order valence-corrected chi connectivity index (χ3v) is 3.40. The number of carbonyl (C=O) groups is 1. The molecule has 106 valence electrons. The molecule has 0 saturated carbocycles. The Bertz CT molecular complexity index is 474. The van der Waals surface area contributed by atoms with E-state index in [-0.39, 0.29) is 11.3 Å².